The zero-order valence-corrected chi connectivity index (χ0v) is 12.9. The van der Waals surface area contributed by atoms with Crippen molar-refractivity contribution >= 4 is 0 Å². The molecule has 1 aromatic rings. The van der Waals surface area contributed by atoms with E-state index < -0.39 is 0 Å². The molecule has 1 unspecified atom stereocenters. The molecule has 0 spiro atoms. The summed E-state index contributed by atoms with van der Waals surface area (Å²) in [6, 6.07) is 9.05. The molecule has 0 amide bonds. The molecule has 0 aliphatic rings. The van der Waals surface area contributed by atoms with Crippen molar-refractivity contribution in [3.05, 3.63) is 29.8 Å². The molecule has 19 heavy (non-hydrogen) atoms. The fourth-order valence-electron chi connectivity index (χ4n) is 1.82. The number of hydrogen-bond donors (Lipinski definition) is 1. The van der Waals surface area contributed by atoms with Crippen LogP contribution in [-0.4, -0.2) is 19.2 Å². The second-order valence-corrected chi connectivity index (χ2v) is 5.58. The lowest BCUT2D eigenvalue weighted by Gasteiger charge is -2.17. The van der Waals surface area contributed by atoms with Gasteiger partial charge < -0.3 is 10.1 Å². The first-order chi connectivity index (χ1) is 9.13. The van der Waals surface area contributed by atoms with Gasteiger partial charge in [0.1, 0.15) is 12.4 Å². The van der Waals surface area contributed by atoms with Gasteiger partial charge in [-0.25, -0.2) is 0 Å². The number of benzene rings is 1. The highest BCUT2D eigenvalue weighted by Crippen LogP contribution is 2.13. The summed E-state index contributed by atoms with van der Waals surface area (Å²) < 4.78 is 5.73. The van der Waals surface area contributed by atoms with Gasteiger partial charge in [-0.2, -0.15) is 0 Å². The van der Waals surface area contributed by atoms with Crippen LogP contribution in [0, 0.1) is 5.92 Å². The maximum absolute atomic E-state index is 5.73. The Morgan fingerprint density at radius 3 is 2.37 bits per heavy atom. The highest BCUT2D eigenvalue weighted by Gasteiger charge is 2.04. The summed E-state index contributed by atoms with van der Waals surface area (Å²) in [6.07, 6.45) is 3.68. The van der Waals surface area contributed by atoms with Gasteiger partial charge >= 0.3 is 0 Å². The van der Waals surface area contributed by atoms with Crippen LogP contribution in [0.2, 0.25) is 0 Å². The first-order valence-electron chi connectivity index (χ1n) is 7.58. The standard InChI is InChI=1S/C17H29NO/c1-5-6-7-16-8-10-17(11-9-16)19-13-12-18-15(4)14(2)3/h8-11,14-15,18H,5-7,12-13H2,1-4H3. The third kappa shape index (κ3) is 6.63. The van der Waals surface area contributed by atoms with Crippen LogP contribution in [0.25, 0.3) is 0 Å². The molecule has 0 aliphatic heterocycles. The molecule has 0 aliphatic carbocycles. The lowest BCUT2D eigenvalue weighted by Crippen LogP contribution is -2.33. The Hall–Kier alpha value is -1.02. The normalized spacial score (nSPS) is 12.7. The number of unbranched alkanes of at least 4 members (excludes halogenated alkanes) is 1. The summed E-state index contributed by atoms with van der Waals surface area (Å²) in [5.74, 6) is 1.64. The first kappa shape index (κ1) is 16.0. The van der Waals surface area contributed by atoms with Gasteiger partial charge in [-0.1, -0.05) is 39.3 Å². The van der Waals surface area contributed by atoms with Crippen LogP contribution < -0.4 is 10.1 Å². The molecule has 0 saturated heterocycles. The van der Waals surface area contributed by atoms with Crippen molar-refractivity contribution in [1.29, 1.82) is 0 Å². The lowest BCUT2D eigenvalue weighted by molar-refractivity contribution is 0.297. The van der Waals surface area contributed by atoms with E-state index in [0.29, 0.717) is 12.0 Å². The molecule has 0 fully saturated rings. The van der Waals surface area contributed by atoms with E-state index in [4.69, 9.17) is 4.74 Å². The third-order valence-corrected chi connectivity index (χ3v) is 3.58. The average molecular weight is 263 g/mol. The lowest BCUT2D eigenvalue weighted by atomic mass is 10.1. The van der Waals surface area contributed by atoms with Crippen molar-refractivity contribution in [2.45, 2.75) is 53.0 Å². The Labute approximate surface area is 118 Å². The Kier molecular flexibility index (Phi) is 7.57. The van der Waals surface area contributed by atoms with Crippen molar-refractivity contribution in [2.75, 3.05) is 13.2 Å². The predicted octanol–water partition coefficient (Wildman–Crippen LogP) is 4.04. The van der Waals surface area contributed by atoms with Crippen molar-refractivity contribution in [1.82, 2.24) is 5.32 Å². The number of ether oxygens (including phenoxy) is 1. The van der Waals surface area contributed by atoms with Gasteiger partial charge in [-0.05, 0) is 43.4 Å². The third-order valence-electron chi connectivity index (χ3n) is 3.58. The number of rotatable bonds is 9. The second-order valence-electron chi connectivity index (χ2n) is 5.58. The maximum Gasteiger partial charge on any atom is 0.119 e. The van der Waals surface area contributed by atoms with E-state index in [2.05, 4.69) is 57.3 Å². The van der Waals surface area contributed by atoms with Gasteiger partial charge in [0.15, 0.2) is 0 Å². The van der Waals surface area contributed by atoms with Crippen LogP contribution in [0.1, 0.15) is 46.1 Å². The van der Waals surface area contributed by atoms with Gasteiger partial charge in [0, 0.05) is 12.6 Å². The Bertz CT molecular complexity index is 332. The van der Waals surface area contributed by atoms with E-state index in [1.54, 1.807) is 0 Å². The Balaban J connectivity index is 2.22. The monoisotopic (exact) mass is 263 g/mol. The quantitative estimate of drug-likeness (QED) is 0.679. The summed E-state index contributed by atoms with van der Waals surface area (Å²) in [4.78, 5) is 0. The molecule has 1 aromatic carbocycles. The van der Waals surface area contributed by atoms with Crippen LogP contribution in [0.3, 0.4) is 0 Å². The fourth-order valence-corrected chi connectivity index (χ4v) is 1.82. The highest BCUT2D eigenvalue weighted by atomic mass is 16.5. The second kappa shape index (κ2) is 8.98. The Morgan fingerprint density at radius 1 is 1.11 bits per heavy atom. The molecule has 1 rings (SSSR count). The predicted molar refractivity (Wildman–Crippen MR) is 82.9 cm³/mol. The first-order valence-corrected chi connectivity index (χ1v) is 7.58. The molecule has 2 nitrogen and oxygen atoms in total. The van der Waals surface area contributed by atoms with Gasteiger partial charge in [0.2, 0.25) is 0 Å². The minimum Gasteiger partial charge on any atom is -0.492 e. The molecular formula is C17H29NO. The molecule has 1 atom stereocenters. The van der Waals surface area contributed by atoms with E-state index in [1.807, 2.05) is 0 Å². The smallest absolute Gasteiger partial charge is 0.119 e. The Morgan fingerprint density at radius 2 is 1.79 bits per heavy atom. The summed E-state index contributed by atoms with van der Waals surface area (Å²) in [6.45, 7) is 10.5. The maximum atomic E-state index is 5.73. The molecular weight excluding hydrogens is 234 g/mol. The topological polar surface area (TPSA) is 21.3 Å². The SMILES string of the molecule is CCCCc1ccc(OCCNC(C)C(C)C)cc1. The van der Waals surface area contributed by atoms with Gasteiger partial charge in [-0.3, -0.25) is 0 Å². The highest BCUT2D eigenvalue weighted by molar-refractivity contribution is 5.27. The van der Waals surface area contributed by atoms with Crippen LogP contribution in [0.15, 0.2) is 24.3 Å². The van der Waals surface area contributed by atoms with Crippen molar-refractivity contribution in [2.24, 2.45) is 5.92 Å². The van der Waals surface area contributed by atoms with Crippen molar-refractivity contribution < 1.29 is 4.74 Å². The summed E-state index contributed by atoms with van der Waals surface area (Å²) in [7, 11) is 0. The fraction of sp³-hybridized carbons (Fsp3) is 0.647. The zero-order chi connectivity index (χ0) is 14.1. The number of aryl methyl sites for hydroxylation is 1. The van der Waals surface area contributed by atoms with E-state index in [0.717, 1.165) is 18.9 Å². The zero-order valence-electron chi connectivity index (χ0n) is 12.9. The minimum absolute atomic E-state index is 0.542. The van der Waals surface area contributed by atoms with Crippen molar-refractivity contribution in [3.63, 3.8) is 0 Å². The summed E-state index contributed by atoms with van der Waals surface area (Å²) >= 11 is 0. The minimum atomic E-state index is 0.542. The van der Waals surface area contributed by atoms with E-state index >= 15 is 0 Å². The van der Waals surface area contributed by atoms with Crippen LogP contribution in [0.4, 0.5) is 0 Å². The van der Waals surface area contributed by atoms with Gasteiger partial charge in [0.25, 0.3) is 0 Å². The van der Waals surface area contributed by atoms with E-state index in [-0.39, 0.29) is 0 Å². The number of hydrogen-bond acceptors (Lipinski definition) is 2. The summed E-state index contributed by atoms with van der Waals surface area (Å²) in [5.41, 5.74) is 1.40. The van der Waals surface area contributed by atoms with E-state index in [9.17, 15) is 0 Å². The van der Waals surface area contributed by atoms with E-state index in [1.165, 1.54) is 24.8 Å². The molecule has 108 valence electrons. The van der Waals surface area contributed by atoms with Gasteiger partial charge in [0.05, 0.1) is 0 Å². The number of nitrogens with one attached hydrogen (secondary N) is 1. The summed E-state index contributed by atoms with van der Waals surface area (Å²) in [5, 5.41) is 3.47. The van der Waals surface area contributed by atoms with Crippen molar-refractivity contribution in [3.8, 4) is 5.75 Å². The van der Waals surface area contributed by atoms with Gasteiger partial charge in [-0.15, -0.1) is 0 Å². The molecule has 2 heteroatoms. The van der Waals surface area contributed by atoms with Crippen LogP contribution in [0.5, 0.6) is 5.75 Å². The largest absolute Gasteiger partial charge is 0.492 e. The molecule has 0 aromatic heterocycles. The molecule has 0 bridgehead atoms. The molecule has 0 saturated carbocycles. The van der Waals surface area contributed by atoms with Crippen LogP contribution >= 0.6 is 0 Å². The molecule has 0 heterocycles. The molecule has 1 N–H and O–H groups in total. The average Bonchev–Trinajstić information content (AvgIpc) is 2.42. The van der Waals surface area contributed by atoms with Crippen LogP contribution in [-0.2, 0) is 6.42 Å². The molecule has 0 radical (unpaired) electrons.